The van der Waals surface area contributed by atoms with E-state index in [2.05, 4.69) is 54.6 Å². The number of hydrogen-bond acceptors (Lipinski definition) is 1. The lowest BCUT2D eigenvalue weighted by Crippen LogP contribution is -1.92. The summed E-state index contributed by atoms with van der Waals surface area (Å²) in [4.78, 5) is 0. The summed E-state index contributed by atoms with van der Waals surface area (Å²) in [6.45, 7) is 2.04. The van der Waals surface area contributed by atoms with E-state index < -0.39 is 0 Å². The average molecular weight is 233 g/mol. The van der Waals surface area contributed by atoms with Crippen molar-refractivity contribution in [1.29, 1.82) is 5.26 Å². The van der Waals surface area contributed by atoms with Gasteiger partial charge in [-0.2, -0.15) is 5.26 Å². The molecular formula is C17H15N. The third-order valence-corrected chi connectivity index (χ3v) is 3.91. The Bertz CT molecular complexity index is 592. The summed E-state index contributed by atoms with van der Waals surface area (Å²) in [5, 5.41) is 9.08. The molecule has 1 fully saturated rings. The molecule has 1 nitrogen and oxygen atoms in total. The van der Waals surface area contributed by atoms with Gasteiger partial charge in [-0.1, -0.05) is 54.6 Å². The molecule has 88 valence electrons. The highest BCUT2D eigenvalue weighted by molar-refractivity contribution is 5.63. The molecule has 2 aromatic carbocycles. The third kappa shape index (κ3) is 1.80. The maximum Gasteiger partial charge on any atom is 0.0693 e. The maximum atomic E-state index is 9.08. The van der Waals surface area contributed by atoms with E-state index in [1.807, 2.05) is 13.0 Å². The fourth-order valence-electron chi connectivity index (χ4n) is 2.51. The lowest BCUT2D eigenvalue weighted by molar-refractivity contribution is 0.727. The van der Waals surface area contributed by atoms with Crippen LogP contribution in [0, 0.1) is 16.7 Å². The number of nitriles is 1. The summed E-state index contributed by atoms with van der Waals surface area (Å²) in [6, 6.07) is 21.4. The average Bonchev–Trinajstić information content (AvgIpc) is 3.13. The van der Waals surface area contributed by atoms with E-state index in [4.69, 9.17) is 5.26 Å². The number of hydrogen-bond donors (Lipinski definition) is 0. The van der Waals surface area contributed by atoms with Gasteiger partial charge >= 0.3 is 0 Å². The van der Waals surface area contributed by atoms with Crippen LogP contribution in [0.1, 0.15) is 24.8 Å². The maximum absolute atomic E-state index is 9.08. The Labute approximate surface area is 108 Å². The van der Waals surface area contributed by atoms with E-state index in [1.54, 1.807) is 0 Å². The van der Waals surface area contributed by atoms with Crippen molar-refractivity contribution in [3.63, 3.8) is 0 Å². The van der Waals surface area contributed by atoms with Crippen molar-refractivity contribution < 1.29 is 0 Å². The van der Waals surface area contributed by atoms with Crippen molar-refractivity contribution in [3.05, 3.63) is 60.2 Å². The zero-order valence-corrected chi connectivity index (χ0v) is 10.4. The first-order valence-electron chi connectivity index (χ1n) is 6.29. The highest BCUT2D eigenvalue weighted by atomic mass is 14.5. The van der Waals surface area contributed by atoms with Gasteiger partial charge < -0.3 is 0 Å². The molecule has 0 N–H and O–H groups in total. The molecule has 0 aliphatic heterocycles. The van der Waals surface area contributed by atoms with Crippen LogP contribution in [0.25, 0.3) is 11.1 Å². The molecule has 3 rings (SSSR count). The Morgan fingerprint density at radius 3 is 2.17 bits per heavy atom. The van der Waals surface area contributed by atoms with Gasteiger partial charge in [-0.3, -0.25) is 0 Å². The van der Waals surface area contributed by atoms with E-state index in [9.17, 15) is 0 Å². The van der Waals surface area contributed by atoms with Gasteiger partial charge in [-0.25, -0.2) is 0 Å². The summed E-state index contributed by atoms with van der Waals surface area (Å²) in [7, 11) is 0. The second-order valence-electron chi connectivity index (χ2n) is 5.27. The smallest absolute Gasteiger partial charge is 0.0693 e. The molecule has 0 saturated heterocycles. The highest BCUT2D eigenvalue weighted by Crippen LogP contribution is 2.58. The van der Waals surface area contributed by atoms with Gasteiger partial charge in [-0.05, 0) is 30.0 Å². The van der Waals surface area contributed by atoms with Crippen LogP contribution < -0.4 is 0 Å². The van der Waals surface area contributed by atoms with Gasteiger partial charge in [0, 0.05) is 5.92 Å². The van der Waals surface area contributed by atoms with Crippen molar-refractivity contribution in [2.24, 2.45) is 5.41 Å². The minimum atomic E-state index is -0.131. The van der Waals surface area contributed by atoms with Crippen LogP contribution in [0.15, 0.2) is 54.6 Å². The van der Waals surface area contributed by atoms with Gasteiger partial charge in [0.05, 0.1) is 11.5 Å². The quantitative estimate of drug-likeness (QED) is 0.755. The molecule has 0 spiro atoms. The fraction of sp³-hybridized carbons (Fsp3) is 0.235. The lowest BCUT2D eigenvalue weighted by Gasteiger charge is -2.05. The zero-order chi connectivity index (χ0) is 12.6. The second kappa shape index (κ2) is 3.99. The Morgan fingerprint density at radius 2 is 1.61 bits per heavy atom. The van der Waals surface area contributed by atoms with Crippen LogP contribution in [0.4, 0.5) is 0 Å². The topological polar surface area (TPSA) is 23.8 Å². The summed E-state index contributed by atoms with van der Waals surface area (Å²) in [6.07, 6.45) is 0.994. The van der Waals surface area contributed by atoms with Gasteiger partial charge in [0.15, 0.2) is 0 Å². The van der Waals surface area contributed by atoms with Gasteiger partial charge in [-0.15, -0.1) is 0 Å². The summed E-state index contributed by atoms with van der Waals surface area (Å²) >= 11 is 0. The molecule has 1 aliphatic rings. The van der Waals surface area contributed by atoms with Crippen LogP contribution >= 0.6 is 0 Å². The van der Waals surface area contributed by atoms with Gasteiger partial charge in [0.2, 0.25) is 0 Å². The first-order valence-corrected chi connectivity index (χ1v) is 6.29. The summed E-state index contributed by atoms with van der Waals surface area (Å²) in [5.41, 5.74) is 3.63. The number of nitrogens with zero attached hydrogens (tertiary/aromatic N) is 1. The van der Waals surface area contributed by atoms with E-state index >= 15 is 0 Å². The largest absolute Gasteiger partial charge is 0.198 e. The third-order valence-electron chi connectivity index (χ3n) is 3.91. The monoisotopic (exact) mass is 233 g/mol. The Hall–Kier alpha value is -2.07. The van der Waals surface area contributed by atoms with Crippen molar-refractivity contribution in [3.8, 4) is 17.2 Å². The molecule has 0 aromatic heterocycles. The Morgan fingerprint density at radius 1 is 1.00 bits per heavy atom. The number of benzene rings is 2. The molecule has 2 atom stereocenters. The van der Waals surface area contributed by atoms with Crippen molar-refractivity contribution in [2.75, 3.05) is 0 Å². The van der Waals surface area contributed by atoms with Crippen LogP contribution in [0.5, 0.6) is 0 Å². The minimum Gasteiger partial charge on any atom is -0.198 e. The first-order chi connectivity index (χ1) is 8.73. The molecule has 0 amide bonds. The molecular weight excluding hydrogens is 218 g/mol. The molecule has 0 bridgehead atoms. The van der Waals surface area contributed by atoms with Crippen molar-refractivity contribution in [2.45, 2.75) is 19.3 Å². The van der Waals surface area contributed by atoms with E-state index in [0.29, 0.717) is 5.92 Å². The number of rotatable bonds is 2. The fourth-order valence-corrected chi connectivity index (χ4v) is 2.51. The van der Waals surface area contributed by atoms with Crippen LogP contribution in [-0.4, -0.2) is 0 Å². The summed E-state index contributed by atoms with van der Waals surface area (Å²) in [5.74, 6) is 0.423. The lowest BCUT2D eigenvalue weighted by atomic mass is 9.99. The molecule has 2 aromatic rings. The van der Waals surface area contributed by atoms with Gasteiger partial charge in [0.25, 0.3) is 0 Å². The van der Waals surface area contributed by atoms with Crippen LogP contribution in [0.3, 0.4) is 0 Å². The molecule has 1 heteroatoms. The predicted molar refractivity (Wildman–Crippen MR) is 73.0 cm³/mol. The normalized spacial score (nSPS) is 25.4. The molecule has 1 aliphatic carbocycles. The Kier molecular flexibility index (Phi) is 2.45. The highest BCUT2D eigenvalue weighted by Gasteiger charge is 2.51. The minimum absolute atomic E-state index is 0.131. The second-order valence-corrected chi connectivity index (χ2v) is 5.27. The molecule has 2 unspecified atom stereocenters. The molecule has 1 saturated carbocycles. The first kappa shape index (κ1) is 11.0. The molecule has 0 radical (unpaired) electrons. The van der Waals surface area contributed by atoms with E-state index in [1.165, 1.54) is 16.7 Å². The predicted octanol–water partition coefficient (Wildman–Crippen LogP) is 4.37. The van der Waals surface area contributed by atoms with Crippen molar-refractivity contribution in [1.82, 2.24) is 0 Å². The SMILES string of the molecule is CC1(C#N)CC1c1ccc(-c2ccccc2)cc1. The van der Waals surface area contributed by atoms with Crippen molar-refractivity contribution >= 4 is 0 Å². The molecule has 0 heterocycles. The van der Waals surface area contributed by atoms with Crippen LogP contribution in [0.2, 0.25) is 0 Å². The van der Waals surface area contributed by atoms with E-state index in [0.717, 1.165) is 6.42 Å². The summed E-state index contributed by atoms with van der Waals surface area (Å²) < 4.78 is 0. The van der Waals surface area contributed by atoms with E-state index in [-0.39, 0.29) is 5.41 Å². The molecule has 18 heavy (non-hydrogen) atoms. The zero-order valence-electron chi connectivity index (χ0n) is 10.4. The Balaban J connectivity index is 1.86. The van der Waals surface area contributed by atoms with Crippen LogP contribution in [-0.2, 0) is 0 Å². The van der Waals surface area contributed by atoms with Gasteiger partial charge in [0.1, 0.15) is 0 Å². The standard InChI is InChI=1S/C17H15N/c1-17(12-18)11-16(17)15-9-7-14(8-10-15)13-5-3-2-4-6-13/h2-10,16H,11H2,1H3.